The fraction of sp³-hybridized carbons (Fsp3) is 0.562. The van der Waals surface area contributed by atoms with Crippen LogP contribution in [-0.2, 0) is 4.79 Å². The van der Waals surface area contributed by atoms with Gasteiger partial charge in [-0.15, -0.1) is 12.4 Å². The van der Waals surface area contributed by atoms with Gasteiger partial charge in [0, 0.05) is 18.5 Å². The summed E-state index contributed by atoms with van der Waals surface area (Å²) in [6, 6.07) is 4.05. The lowest BCUT2D eigenvalue weighted by atomic mass is 10.0. The summed E-state index contributed by atoms with van der Waals surface area (Å²) in [7, 11) is 0. The maximum absolute atomic E-state index is 13.7. The molecule has 1 aliphatic carbocycles. The van der Waals surface area contributed by atoms with Crippen LogP contribution in [0.1, 0.15) is 38.2 Å². The molecule has 1 aromatic rings. The molecule has 1 aromatic carbocycles. The number of nitrogens with one attached hydrogen (secondary N) is 1. The Balaban J connectivity index is 0.00000242. The number of hydrogen-bond donors (Lipinski definition) is 2. The summed E-state index contributed by atoms with van der Waals surface area (Å²) in [5.74, 6) is -1.87. The molecule has 1 aliphatic rings. The first-order valence-corrected chi connectivity index (χ1v) is 7.38. The SMILES string of the molecule is CC(C)CC(CN)NC(=O)C1CC1c1cccc(F)c1F.Cl. The van der Waals surface area contributed by atoms with Crippen molar-refractivity contribution in [1.82, 2.24) is 5.32 Å². The zero-order valence-electron chi connectivity index (χ0n) is 12.8. The zero-order chi connectivity index (χ0) is 15.6. The summed E-state index contributed by atoms with van der Waals surface area (Å²) in [5.41, 5.74) is 5.95. The van der Waals surface area contributed by atoms with Crippen molar-refractivity contribution in [2.45, 2.75) is 38.6 Å². The lowest BCUT2D eigenvalue weighted by Crippen LogP contribution is -2.42. The summed E-state index contributed by atoms with van der Waals surface area (Å²) in [6.45, 7) is 4.52. The van der Waals surface area contributed by atoms with Crippen LogP contribution < -0.4 is 11.1 Å². The first kappa shape index (κ1) is 18.8. The van der Waals surface area contributed by atoms with Gasteiger partial charge in [-0.2, -0.15) is 0 Å². The van der Waals surface area contributed by atoms with Gasteiger partial charge in [0.25, 0.3) is 0 Å². The minimum absolute atomic E-state index is 0. The topological polar surface area (TPSA) is 55.1 Å². The summed E-state index contributed by atoms with van der Waals surface area (Å²) in [6.07, 6.45) is 1.37. The molecule has 0 saturated heterocycles. The second-order valence-electron chi connectivity index (χ2n) is 6.16. The molecule has 1 amide bonds. The third-order valence-electron chi connectivity index (χ3n) is 3.89. The van der Waals surface area contributed by atoms with Gasteiger partial charge in [0.05, 0.1) is 0 Å². The van der Waals surface area contributed by atoms with E-state index in [-0.39, 0.29) is 36.2 Å². The standard InChI is InChI=1S/C16H22F2N2O.ClH/c1-9(2)6-10(8-19)20-16(21)13-7-12(13)11-4-3-5-14(17)15(11)18;/h3-5,9-10,12-13H,6-8,19H2,1-2H3,(H,20,21);1H. The van der Waals surface area contributed by atoms with Crippen molar-refractivity contribution in [2.75, 3.05) is 6.54 Å². The zero-order valence-corrected chi connectivity index (χ0v) is 13.6. The van der Waals surface area contributed by atoms with Gasteiger partial charge in [-0.25, -0.2) is 8.78 Å². The summed E-state index contributed by atoms with van der Waals surface area (Å²) < 4.78 is 26.9. The molecule has 3 nitrogen and oxygen atoms in total. The van der Waals surface area contributed by atoms with Crippen LogP contribution in [0.2, 0.25) is 0 Å². The minimum atomic E-state index is -0.863. The number of nitrogens with two attached hydrogens (primary N) is 1. The highest BCUT2D eigenvalue weighted by molar-refractivity contribution is 5.85. The molecule has 1 fully saturated rings. The van der Waals surface area contributed by atoms with E-state index in [4.69, 9.17) is 5.73 Å². The van der Waals surface area contributed by atoms with Crippen LogP contribution >= 0.6 is 12.4 Å². The second kappa shape index (κ2) is 7.88. The summed E-state index contributed by atoms with van der Waals surface area (Å²) in [5, 5.41) is 2.91. The first-order chi connectivity index (χ1) is 9.93. The quantitative estimate of drug-likeness (QED) is 0.841. The maximum Gasteiger partial charge on any atom is 0.224 e. The Morgan fingerprint density at radius 2 is 2.09 bits per heavy atom. The molecule has 124 valence electrons. The second-order valence-corrected chi connectivity index (χ2v) is 6.16. The van der Waals surface area contributed by atoms with Crippen molar-refractivity contribution in [1.29, 1.82) is 0 Å². The lowest BCUT2D eigenvalue weighted by Gasteiger charge is -2.18. The fourth-order valence-electron chi connectivity index (χ4n) is 2.73. The van der Waals surface area contributed by atoms with Crippen LogP contribution in [0.25, 0.3) is 0 Å². The molecule has 2 rings (SSSR count). The smallest absolute Gasteiger partial charge is 0.224 e. The van der Waals surface area contributed by atoms with Crippen molar-refractivity contribution in [3.05, 3.63) is 35.4 Å². The van der Waals surface area contributed by atoms with Gasteiger partial charge in [-0.05, 0) is 36.3 Å². The number of hydrogen-bond acceptors (Lipinski definition) is 2. The van der Waals surface area contributed by atoms with Gasteiger partial charge in [-0.3, -0.25) is 4.79 Å². The van der Waals surface area contributed by atoms with Gasteiger partial charge in [-0.1, -0.05) is 26.0 Å². The van der Waals surface area contributed by atoms with Crippen LogP contribution in [0.3, 0.4) is 0 Å². The van der Waals surface area contributed by atoms with Gasteiger partial charge in [0.2, 0.25) is 5.91 Å². The third kappa shape index (κ3) is 4.40. The molecule has 0 radical (unpaired) electrons. The highest BCUT2D eigenvalue weighted by Crippen LogP contribution is 2.48. The van der Waals surface area contributed by atoms with Crippen molar-refractivity contribution in [2.24, 2.45) is 17.6 Å². The molecule has 0 aromatic heterocycles. The molecule has 1 saturated carbocycles. The molecular weight excluding hydrogens is 310 g/mol. The average molecular weight is 333 g/mol. The number of halogens is 3. The number of benzene rings is 1. The number of carbonyl (C=O) groups excluding carboxylic acids is 1. The van der Waals surface area contributed by atoms with Crippen LogP contribution in [0.15, 0.2) is 18.2 Å². The molecule has 0 spiro atoms. The Hall–Kier alpha value is -1.20. The Morgan fingerprint density at radius 3 is 2.68 bits per heavy atom. The number of carbonyl (C=O) groups is 1. The predicted octanol–water partition coefficient (Wildman–Crippen LogP) is 2.98. The molecule has 3 atom stereocenters. The summed E-state index contributed by atoms with van der Waals surface area (Å²) in [4.78, 5) is 12.2. The Morgan fingerprint density at radius 1 is 1.41 bits per heavy atom. The van der Waals surface area contributed by atoms with E-state index in [9.17, 15) is 13.6 Å². The highest BCUT2D eigenvalue weighted by atomic mass is 35.5. The maximum atomic E-state index is 13.7. The number of rotatable bonds is 6. The van der Waals surface area contributed by atoms with E-state index >= 15 is 0 Å². The molecule has 0 aliphatic heterocycles. The molecule has 3 unspecified atom stereocenters. The Labute approximate surface area is 136 Å². The molecule has 3 N–H and O–H groups in total. The van der Waals surface area contributed by atoms with Crippen LogP contribution in [0.4, 0.5) is 8.78 Å². The van der Waals surface area contributed by atoms with Gasteiger partial charge < -0.3 is 11.1 Å². The van der Waals surface area contributed by atoms with Crippen LogP contribution in [-0.4, -0.2) is 18.5 Å². The van der Waals surface area contributed by atoms with E-state index in [2.05, 4.69) is 19.2 Å². The third-order valence-corrected chi connectivity index (χ3v) is 3.89. The van der Waals surface area contributed by atoms with Crippen molar-refractivity contribution in [3.8, 4) is 0 Å². The summed E-state index contributed by atoms with van der Waals surface area (Å²) >= 11 is 0. The van der Waals surface area contributed by atoms with Crippen molar-refractivity contribution < 1.29 is 13.6 Å². The molecule has 0 heterocycles. The van der Waals surface area contributed by atoms with E-state index in [0.717, 1.165) is 12.5 Å². The molecule has 22 heavy (non-hydrogen) atoms. The average Bonchev–Trinajstić information content (AvgIpc) is 3.20. The normalized spacial score (nSPS) is 21.2. The largest absolute Gasteiger partial charge is 0.352 e. The van der Waals surface area contributed by atoms with Crippen molar-refractivity contribution in [3.63, 3.8) is 0 Å². The van der Waals surface area contributed by atoms with Crippen LogP contribution in [0, 0.1) is 23.5 Å². The van der Waals surface area contributed by atoms with Gasteiger partial charge in [0.1, 0.15) is 0 Å². The first-order valence-electron chi connectivity index (χ1n) is 7.38. The Bertz CT molecular complexity index is 525. The Kier molecular flexibility index (Phi) is 6.75. The van der Waals surface area contributed by atoms with Gasteiger partial charge in [0.15, 0.2) is 11.6 Å². The van der Waals surface area contributed by atoms with Crippen LogP contribution in [0.5, 0.6) is 0 Å². The van der Waals surface area contributed by atoms with E-state index in [1.54, 1.807) is 6.07 Å². The lowest BCUT2D eigenvalue weighted by molar-refractivity contribution is -0.123. The monoisotopic (exact) mass is 332 g/mol. The van der Waals surface area contributed by atoms with Crippen molar-refractivity contribution >= 4 is 18.3 Å². The molecule has 6 heteroatoms. The van der Waals surface area contributed by atoms with E-state index in [1.807, 2.05) is 0 Å². The van der Waals surface area contributed by atoms with Gasteiger partial charge >= 0.3 is 0 Å². The fourth-order valence-corrected chi connectivity index (χ4v) is 2.73. The van der Waals surface area contributed by atoms with E-state index in [1.165, 1.54) is 6.07 Å². The number of amides is 1. The van der Waals surface area contributed by atoms with E-state index < -0.39 is 11.6 Å². The minimum Gasteiger partial charge on any atom is -0.352 e. The molecular formula is C16H23ClF2N2O. The highest BCUT2D eigenvalue weighted by Gasteiger charge is 2.45. The van der Waals surface area contributed by atoms with E-state index in [0.29, 0.717) is 24.4 Å². The molecule has 0 bridgehead atoms. The predicted molar refractivity (Wildman–Crippen MR) is 84.9 cm³/mol.